The average Bonchev–Trinajstić information content (AvgIpc) is 2.38. The number of benzene rings is 2. The highest BCUT2D eigenvalue weighted by atomic mass is 35.5. The van der Waals surface area contributed by atoms with E-state index in [-0.39, 0.29) is 17.1 Å². The average molecular weight is 345 g/mol. The summed E-state index contributed by atoms with van der Waals surface area (Å²) in [5.41, 5.74) is 6.67. The highest BCUT2D eigenvalue weighted by Gasteiger charge is 2.23. The van der Waals surface area contributed by atoms with E-state index in [4.69, 9.17) is 28.9 Å². The predicted molar refractivity (Wildman–Crippen MR) is 86.0 cm³/mol. The second-order valence-electron chi connectivity index (χ2n) is 4.57. The number of hydrogen-bond donors (Lipinski definition) is 1. The first-order valence-electron chi connectivity index (χ1n) is 6.06. The highest BCUT2D eigenvalue weighted by Crippen LogP contribution is 2.26. The number of rotatable bonds is 4. The van der Waals surface area contributed by atoms with Crippen molar-refractivity contribution in [3.8, 4) is 0 Å². The Balaban J connectivity index is 2.30. The topological polar surface area (TPSA) is 63.4 Å². The molecule has 2 aromatic carbocycles. The van der Waals surface area contributed by atoms with E-state index in [2.05, 4.69) is 0 Å². The van der Waals surface area contributed by atoms with Crippen LogP contribution in [-0.2, 0) is 16.6 Å². The molecule has 0 saturated heterocycles. The zero-order chi connectivity index (χ0) is 15.6. The summed E-state index contributed by atoms with van der Waals surface area (Å²) in [6, 6.07) is 11.4. The van der Waals surface area contributed by atoms with Gasteiger partial charge in [-0.05, 0) is 35.9 Å². The van der Waals surface area contributed by atoms with Crippen LogP contribution >= 0.6 is 23.2 Å². The molecule has 112 valence electrons. The van der Waals surface area contributed by atoms with Crippen LogP contribution in [0.2, 0.25) is 10.0 Å². The van der Waals surface area contributed by atoms with E-state index in [0.717, 1.165) is 5.56 Å². The molecule has 0 atom stereocenters. The van der Waals surface area contributed by atoms with Crippen molar-refractivity contribution in [3.05, 3.63) is 58.1 Å². The van der Waals surface area contributed by atoms with E-state index < -0.39 is 10.0 Å². The summed E-state index contributed by atoms with van der Waals surface area (Å²) in [7, 11) is -2.20. The maximum absolute atomic E-state index is 12.5. The third-order valence-electron chi connectivity index (χ3n) is 2.95. The quantitative estimate of drug-likeness (QED) is 0.864. The SMILES string of the molecule is CN(Cc1cccc(Cl)c1)S(=O)(=O)c1ccc(Cl)cc1N. The van der Waals surface area contributed by atoms with Gasteiger partial charge >= 0.3 is 0 Å². The van der Waals surface area contributed by atoms with Crippen molar-refractivity contribution >= 4 is 38.9 Å². The molecule has 4 nitrogen and oxygen atoms in total. The second-order valence-corrected chi connectivity index (χ2v) is 7.46. The lowest BCUT2D eigenvalue weighted by atomic mass is 10.2. The van der Waals surface area contributed by atoms with E-state index in [0.29, 0.717) is 10.0 Å². The molecule has 0 bridgehead atoms. The van der Waals surface area contributed by atoms with Crippen LogP contribution in [0.5, 0.6) is 0 Å². The Morgan fingerprint density at radius 2 is 1.76 bits per heavy atom. The van der Waals surface area contributed by atoms with Gasteiger partial charge in [-0.1, -0.05) is 35.3 Å². The Labute approximate surface area is 134 Å². The van der Waals surface area contributed by atoms with Crippen molar-refractivity contribution in [2.45, 2.75) is 11.4 Å². The van der Waals surface area contributed by atoms with E-state index in [1.54, 1.807) is 18.2 Å². The van der Waals surface area contributed by atoms with Crippen molar-refractivity contribution in [2.24, 2.45) is 0 Å². The van der Waals surface area contributed by atoms with Gasteiger partial charge < -0.3 is 5.73 Å². The monoisotopic (exact) mass is 344 g/mol. The van der Waals surface area contributed by atoms with Crippen LogP contribution in [0, 0.1) is 0 Å². The summed E-state index contributed by atoms with van der Waals surface area (Å²) in [5.74, 6) is 0. The summed E-state index contributed by atoms with van der Waals surface area (Å²) in [4.78, 5) is 0.0384. The molecule has 0 aromatic heterocycles. The van der Waals surface area contributed by atoms with Crippen LogP contribution in [0.15, 0.2) is 47.4 Å². The van der Waals surface area contributed by atoms with Crippen molar-refractivity contribution in [3.63, 3.8) is 0 Å². The first kappa shape index (κ1) is 16.1. The standard InChI is InChI=1S/C14H14Cl2N2O2S/c1-18(9-10-3-2-4-11(15)7-10)21(19,20)14-6-5-12(16)8-13(14)17/h2-8H,9,17H2,1H3. The highest BCUT2D eigenvalue weighted by molar-refractivity contribution is 7.89. The van der Waals surface area contributed by atoms with Gasteiger partial charge in [0.1, 0.15) is 4.90 Å². The summed E-state index contributed by atoms with van der Waals surface area (Å²) < 4.78 is 26.3. The van der Waals surface area contributed by atoms with Crippen molar-refractivity contribution < 1.29 is 8.42 Å². The van der Waals surface area contributed by atoms with Crippen molar-refractivity contribution in [1.29, 1.82) is 0 Å². The Morgan fingerprint density at radius 3 is 2.38 bits per heavy atom. The predicted octanol–water partition coefficient (Wildman–Crippen LogP) is 3.40. The number of nitrogens with two attached hydrogens (primary N) is 1. The summed E-state index contributed by atoms with van der Waals surface area (Å²) in [6.07, 6.45) is 0. The van der Waals surface area contributed by atoms with Crippen LogP contribution < -0.4 is 5.73 Å². The first-order valence-corrected chi connectivity index (χ1v) is 8.26. The zero-order valence-corrected chi connectivity index (χ0v) is 13.6. The molecule has 2 aromatic rings. The lowest BCUT2D eigenvalue weighted by molar-refractivity contribution is 0.467. The molecule has 2 rings (SSSR count). The van der Waals surface area contributed by atoms with Gasteiger partial charge in [-0.3, -0.25) is 0 Å². The lowest BCUT2D eigenvalue weighted by Gasteiger charge is -2.18. The number of sulfonamides is 1. The van der Waals surface area contributed by atoms with Crippen LogP contribution in [-0.4, -0.2) is 19.8 Å². The minimum absolute atomic E-state index is 0.0384. The maximum Gasteiger partial charge on any atom is 0.245 e. The fraction of sp³-hybridized carbons (Fsp3) is 0.143. The molecule has 0 radical (unpaired) electrons. The number of anilines is 1. The largest absolute Gasteiger partial charge is 0.398 e. The molecular weight excluding hydrogens is 331 g/mol. The summed E-state index contributed by atoms with van der Waals surface area (Å²) in [5, 5.41) is 0.952. The molecule has 0 amide bonds. The molecule has 0 aliphatic rings. The van der Waals surface area contributed by atoms with Crippen molar-refractivity contribution in [2.75, 3.05) is 12.8 Å². The maximum atomic E-state index is 12.5. The fourth-order valence-corrected chi connectivity index (χ4v) is 3.54. The summed E-state index contributed by atoms with van der Waals surface area (Å²) in [6.45, 7) is 0.199. The zero-order valence-electron chi connectivity index (χ0n) is 11.3. The van der Waals surface area contributed by atoms with Gasteiger partial charge in [0.05, 0.1) is 5.69 Å². The Hall–Kier alpha value is -1.27. The van der Waals surface area contributed by atoms with Crippen LogP contribution in [0.3, 0.4) is 0 Å². The van der Waals surface area contributed by atoms with Crippen LogP contribution in [0.1, 0.15) is 5.56 Å². The molecule has 21 heavy (non-hydrogen) atoms. The fourth-order valence-electron chi connectivity index (χ4n) is 1.90. The second kappa shape index (κ2) is 6.23. The van der Waals surface area contributed by atoms with Gasteiger partial charge in [0.2, 0.25) is 10.0 Å². The molecule has 0 fully saturated rings. The lowest BCUT2D eigenvalue weighted by Crippen LogP contribution is -2.27. The van der Waals surface area contributed by atoms with E-state index in [1.165, 1.54) is 29.6 Å². The molecule has 0 spiro atoms. The normalized spacial score (nSPS) is 11.8. The number of hydrogen-bond acceptors (Lipinski definition) is 3. The third-order valence-corrected chi connectivity index (χ3v) is 5.30. The Kier molecular flexibility index (Phi) is 4.78. The van der Waals surface area contributed by atoms with Gasteiger partial charge in [0, 0.05) is 23.6 Å². The Bertz CT molecular complexity index is 763. The van der Waals surface area contributed by atoms with Gasteiger partial charge in [0.25, 0.3) is 0 Å². The molecule has 0 heterocycles. The number of nitrogen functional groups attached to an aromatic ring is 1. The smallest absolute Gasteiger partial charge is 0.245 e. The molecule has 2 N–H and O–H groups in total. The van der Waals surface area contributed by atoms with Gasteiger partial charge in [-0.25, -0.2) is 8.42 Å². The number of nitrogens with zero attached hydrogens (tertiary/aromatic N) is 1. The van der Waals surface area contributed by atoms with Crippen molar-refractivity contribution in [1.82, 2.24) is 4.31 Å². The van der Waals surface area contributed by atoms with E-state index in [1.807, 2.05) is 6.07 Å². The minimum atomic E-state index is -3.69. The number of halogens is 2. The molecule has 0 saturated carbocycles. The molecule has 0 unspecified atom stereocenters. The van der Waals surface area contributed by atoms with Gasteiger partial charge in [-0.15, -0.1) is 0 Å². The molecule has 0 aliphatic heterocycles. The first-order chi connectivity index (χ1) is 9.80. The third kappa shape index (κ3) is 3.68. The van der Waals surface area contributed by atoms with Crippen LogP contribution in [0.4, 0.5) is 5.69 Å². The Morgan fingerprint density at radius 1 is 1.10 bits per heavy atom. The molecular formula is C14H14Cl2N2O2S. The van der Waals surface area contributed by atoms with E-state index >= 15 is 0 Å². The van der Waals surface area contributed by atoms with Gasteiger partial charge in [0.15, 0.2) is 0 Å². The minimum Gasteiger partial charge on any atom is -0.398 e. The molecule has 0 aliphatic carbocycles. The molecule has 7 heteroatoms. The van der Waals surface area contributed by atoms with E-state index in [9.17, 15) is 8.42 Å². The van der Waals surface area contributed by atoms with Crippen LogP contribution in [0.25, 0.3) is 0 Å². The summed E-state index contributed by atoms with van der Waals surface area (Å²) >= 11 is 11.7. The van der Waals surface area contributed by atoms with Gasteiger partial charge in [-0.2, -0.15) is 4.31 Å².